The van der Waals surface area contributed by atoms with E-state index in [1.165, 1.54) is 7.11 Å². The van der Waals surface area contributed by atoms with E-state index >= 15 is 0 Å². The van der Waals surface area contributed by atoms with E-state index in [0.29, 0.717) is 6.42 Å². The molecular formula is C15H28N2O4. The molecule has 0 aromatic rings. The maximum Gasteiger partial charge on any atom is 0.407 e. The van der Waals surface area contributed by atoms with E-state index in [-0.39, 0.29) is 18.1 Å². The normalized spacial score (nSPS) is 17.3. The van der Waals surface area contributed by atoms with Gasteiger partial charge in [-0.05, 0) is 46.6 Å². The minimum atomic E-state index is -0.460. The highest BCUT2D eigenvalue weighted by Crippen LogP contribution is 2.13. The smallest absolute Gasteiger partial charge is 0.407 e. The van der Waals surface area contributed by atoms with Crippen LogP contribution in [0.1, 0.15) is 46.5 Å². The molecule has 0 saturated carbocycles. The van der Waals surface area contributed by atoms with Crippen LogP contribution in [0.4, 0.5) is 4.79 Å². The molecule has 1 amide bonds. The number of piperidine rings is 1. The average Bonchev–Trinajstić information content (AvgIpc) is 2.38. The van der Waals surface area contributed by atoms with Crippen molar-refractivity contribution in [2.24, 2.45) is 0 Å². The summed E-state index contributed by atoms with van der Waals surface area (Å²) in [5.41, 5.74) is -0.460. The third kappa shape index (κ3) is 7.90. The lowest BCUT2D eigenvalue weighted by Gasteiger charge is -2.32. The molecule has 1 N–H and O–H groups in total. The minimum absolute atomic E-state index is 0.156. The van der Waals surface area contributed by atoms with Gasteiger partial charge in [-0.25, -0.2) is 4.79 Å². The van der Waals surface area contributed by atoms with Crippen LogP contribution in [0.15, 0.2) is 0 Å². The van der Waals surface area contributed by atoms with E-state index in [9.17, 15) is 9.59 Å². The number of amides is 1. The fraction of sp³-hybridized carbons (Fsp3) is 0.867. The van der Waals surface area contributed by atoms with Crippen LogP contribution in [0, 0.1) is 0 Å². The average molecular weight is 300 g/mol. The molecule has 0 atom stereocenters. The van der Waals surface area contributed by atoms with Gasteiger partial charge < -0.3 is 19.7 Å². The first kappa shape index (κ1) is 17.8. The number of alkyl carbamates (subject to hydrolysis) is 1. The van der Waals surface area contributed by atoms with Crippen LogP contribution in [0.25, 0.3) is 0 Å². The second-order valence-corrected chi connectivity index (χ2v) is 6.44. The van der Waals surface area contributed by atoms with Crippen LogP contribution in [-0.4, -0.2) is 55.3 Å². The first-order valence-electron chi connectivity index (χ1n) is 7.59. The predicted octanol–water partition coefficient (Wildman–Crippen LogP) is 1.93. The van der Waals surface area contributed by atoms with Crippen molar-refractivity contribution >= 4 is 12.1 Å². The Balaban J connectivity index is 2.17. The van der Waals surface area contributed by atoms with Gasteiger partial charge in [0.15, 0.2) is 0 Å². The number of hydrogen-bond acceptors (Lipinski definition) is 5. The first-order valence-corrected chi connectivity index (χ1v) is 7.59. The van der Waals surface area contributed by atoms with E-state index in [4.69, 9.17) is 4.74 Å². The van der Waals surface area contributed by atoms with Crippen molar-refractivity contribution in [3.05, 3.63) is 0 Å². The molecular weight excluding hydrogens is 272 g/mol. The molecule has 0 aliphatic carbocycles. The highest BCUT2D eigenvalue weighted by molar-refractivity contribution is 5.69. The zero-order chi connectivity index (χ0) is 15.9. The number of hydrogen-bond donors (Lipinski definition) is 1. The molecule has 1 fully saturated rings. The number of nitrogens with one attached hydrogen (secondary N) is 1. The second kappa shape index (κ2) is 8.22. The van der Waals surface area contributed by atoms with Gasteiger partial charge in [-0.3, -0.25) is 4.79 Å². The molecule has 1 rings (SSSR count). The van der Waals surface area contributed by atoms with Crippen LogP contribution in [0.2, 0.25) is 0 Å². The Morgan fingerprint density at radius 1 is 1.24 bits per heavy atom. The van der Waals surface area contributed by atoms with Crippen LogP contribution < -0.4 is 5.32 Å². The zero-order valence-electron chi connectivity index (χ0n) is 13.6. The lowest BCUT2D eigenvalue weighted by atomic mass is 10.0. The monoisotopic (exact) mass is 300 g/mol. The third-order valence-corrected chi connectivity index (χ3v) is 3.39. The quantitative estimate of drug-likeness (QED) is 0.786. The van der Waals surface area contributed by atoms with Gasteiger partial charge in [-0.1, -0.05) is 0 Å². The maximum atomic E-state index is 11.7. The molecule has 0 unspecified atom stereocenters. The molecule has 0 spiro atoms. The Hall–Kier alpha value is -1.30. The number of likely N-dealkylation sites (tertiary alicyclic amines) is 1. The van der Waals surface area contributed by atoms with Crippen molar-refractivity contribution in [1.29, 1.82) is 0 Å². The summed E-state index contributed by atoms with van der Waals surface area (Å²) in [4.78, 5) is 25.0. The van der Waals surface area contributed by atoms with Crippen LogP contribution >= 0.6 is 0 Å². The van der Waals surface area contributed by atoms with E-state index in [1.807, 2.05) is 20.8 Å². The molecule has 1 aliphatic rings. The van der Waals surface area contributed by atoms with Crippen molar-refractivity contribution in [1.82, 2.24) is 10.2 Å². The predicted molar refractivity (Wildman–Crippen MR) is 80.1 cm³/mol. The van der Waals surface area contributed by atoms with Gasteiger partial charge in [0, 0.05) is 25.6 Å². The molecule has 1 aliphatic heterocycles. The zero-order valence-corrected chi connectivity index (χ0v) is 13.6. The van der Waals surface area contributed by atoms with Gasteiger partial charge >= 0.3 is 12.1 Å². The SMILES string of the molecule is COC(=O)CCCN1CCC(NC(=O)OC(C)(C)C)CC1. The van der Waals surface area contributed by atoms with Gasteiger partial charge in [0.05, 0.1) is 7.11 Å². The highest BCUT2D eigenvalue weighted by atomic mass is 16.6. The fourth-order valence-corrected chi connectivity index (χ4v) is 2.32. The second-order valence-electron chi connectivity index (χ2n) is 6.44. The molecule has 6 heteroatoms. The van der Waals surface area contributed by atoms with Gasteiger partial charge in [-0.2, -0.15) is 0 Å². The number of esters is 1. The summed E-state index contributed by atoms with van der Waals surface area (Å²) >= 11 is 0. The summed E-state index contributed by atoms with van der Waals surface area (Å²) in [7, 11) is 1.41. The largest absolute Gasteiger partial charge is 0.469 e. The molecule has 0 bridgehead atoms. The summed E-state index contributed by atoms with van der Waals surface area (Å²) in [5.74, 6) is -0.156. The summed E-state index contributed by atoms with van der Waals surface area (Å²) in [6.45, 7) is 8.33. The number of carbonyl (C=O) groups excluding carboxylic acids is 2. The van der Waals surface area contributed by atoms with Crippen LogP contribution in [0.5, 0.6) is 0 Å². The van der Waals surface area contributed by atoms with E-state index in [1.54, 1.807) is 0 Å². The lowest BCUT2D eigenvalue weighted by molar-refractivity contribution is -0.140. The van der Waals surface area contributed by atoms with Crippen molar-refractivity contribution in [3.8, 4) is 0 Å². The Bertz CT molecular complexity index is 344. The molecule has 21 heavy (non-hydrogen) atoms. The molecule has 0 aromatic carbocycles. The summed E-state index contributed by atoms with van der Waals surface area (Å²) in [6.07, 6.45) is 2.77. The van der Waals surface area contributed by atoms with Crippen molar-refractivity contribution in [3.63, 3.8) is 0 Å². The van der Waals surface area contributed by atoms with Crippen LogP contribution in [-0.2, 0) is 14.3 Å². The minimum Gasteiger partial charge on any atom is -0.469 e. The van der Waals surface area contributed by atoms with E-state index in [2.05, 4.69) is 15.0 Å². The maximum absolute atomic E-state index is 11.7. The molecule has 1 heterocycles. The van der Waals surface area contributed by atoms with Crippen molar-refractivity contribution in [2.45, 2.75) is 58.1 Å². The van der Waals surface area contributed by atoms with Crippen LogP contribution in [0.3, 0.4) is 0 Å². The lowest BCUT2D eigenvalue weighted by Crippen LogP contribution is -2.46. The Morgan fingerprint density at radius 2 is 1.86 bits per heavy atom. The summed E-state index contributed by atoms with van der Waals surface area (Å²) in [6, 6.07) is 0.178. The molecule has 6 nitrogen and oxygen atoms in total. The number of carbonyl (C=O) groups is 2. The first-order chi connectivity index (χ1) is 9.80. The molecule has 122 valence electrons. The van der Waals surface area contributed by atoms with Gasteiger partial charge in [0.1, 0.15) is 5.60 Å². The standard InChI is InChI=1S/C15H28N2O4/c1-15(2,3)21-14(19)16-12-7-10-17(11-8-12)9-5-6-13(18)20-4/h12H,5-11H2,1-4H3,(H,16,19). The Morgan fingerprint density at radius 3 is 2.38 bits per heavy atom. The Kier molecular flexibility index (Phi) is 6.95. The van der Waals surface area contributed by atoms with E-state index < -0.39 is 5.60 Å². The summed E-state index contributed by atoms with van der Waals surface area (Å²) in [5, 5.41) is 2.92. The molecule has 0 aromatic heterocycles. The van der Waals surface area contributed by atoms with E-state index in [0.717, 1.165) is 38.9 Å². The number of rotatable bonds is 5. The van der Waals surface area contributed by atoms with Crippen molar-refractivity contribution < 1.29 is 19.1 Å². The fourth-order valence-electron chi connectivity index (χ4n) is 2.32. The van der Waals surface area contributed by atoms with Gasteiger partial charge in [-0.15, -0.1) is 0 Å². The number of nitrogens with zero attached hydrogens (tertiary/aromatic N) is 1. The Labute approximate surface area is 127 Å². The van der Waals surface area contributed by atoms with Crippen molar-refractivity contribution in [2.75, 3.05) is 26.7 Å². The third-order valence-electron chi connectivity index (χ3n) is 3.39. The molecule has 1 saturated heterocycles. The number of methoxy groups -OCH3 is 1. The summed E-state index contributed by atoms with van der Waals surface area (Å²) < 4.78 is 9.88. The highest BCUT2D eigenvalue weighted by Gasteiger charge is 2.23. The number of ether oxygens (including phenoxy) is 2. The van der Waals surface area contributed by atoms with Gasteiger partial charge in [0.25, 0.3) is 0 Å². The molecule has 0 radical (unpaired) electrons. The topological polar surface area (TPSA) is 67.9 Å². The van der Waals surface area contributed by atoms with Gasteiger partial charge in [0.2, 0.25) is 0 Å².